The zero-order chi connectivity index (χ0) is 20.5. The maximum atomic E-state index is 4.87. The number of pyridine rings is 1. The third-order valence-corrected chi connectivity index (χ3v) is 5.77. The largest absolute Gasteiger partial charge is 0.360 e. The Morgan fingerprint density at radius 3 is 2.60 bits per heavy atom. The van der Waals surface area contributed by atoms with Gasteiger partial charge < -0.3 is 9.88 Å². The van der Waals surface area contributed by atoms with Crippen molar-refractivity contribution in [1.82, 2.24) is 29.7 Å². The fourth-order valence-electron chi connectivity index (χ4n) is 3.44. The molecule has 8 heteroatoms. The van der Waals surface area contributed by atoms with Crippen molar-refractivity contribution in [3.05, 3.63) is 72.3 Å². The number of aryl methyl sites for hydroxylation is 1. The molecule has 0 fully saturated rings. The van der Waals surface area contributed by atoms with E-state index in [9.17, 15) is 0 Å². The van der Waals surface area contributed by atoms with Crippen molar-refractivity contribution in [3.63, 3.8) is 0 Å². The minimum atomic E-state index is -0.0873. The summed E-state index contributed by atoms with van der Waals surface area (Å²) in [5.41, 5.74) is 2.98. The van der Waals surface area contributed by atoms with Crippen molar-refractivity contribution in [2.45, 2.75) is 13.0 Å². The van der Waals surface area contributed by atoms with Crippen molar-refractivity contribution in [1.29, 1.82) is 0 Å². The summed E-state index contributed by atoms with van der Waals surface area (Å²) in [5, 5.41) is 14.9. The van der Waals surface area contributed by atoms with Gasteiger partial charge >= 0.3 is 0 Å². The Kier molecular flexibility index (Phi) is 4.68. The predicted molar refractivity (Wildman–Crippen MR) is 119 cm³/mol. The van der Waals surface area contributed by atoms with E-state index < -0.39 is 0 Å². The molecular formula is C22H19N7S. The van der Waals surface area contributed by atoms with Gasteiger partial charge in [-0.1, -0.05) is 36.4 Å². The first-order chi connectivity index (χ1) is 14.7. The third-order valence-electron chi connectivity index (χ3n) is 4.90. The van der Waals surface area contributed by atoms with E-state index in [1.807, 2.05) is 54.9 Å². The van der Waals surface area contributed by atoms with Crippen molar-refractivity contribution in [3.8, 4) is 22.6 Å². The molecule has 4 aromatic heterocycles. The lowest BCUT2D eigenvalue weighted by atomic mass is 10.1. The highest BCUT2D eigenvalue weighted by Gasteiger charge is 2.20. The second-order valence-electron chi connectivity index (χ2n) is 6.97. The first-order valence-electron chi connectivity index (χ1n) is 9.57. The number of nitrogens with one attached hydrogen (secondary N) is 1. The monoisotopic (exact) mass is 413 g/mol. The topological polar surface area (TPSA) is 81.4 Å². The molecule has 7 nitrogen and oxygen atoms in total. The summed E-state index contributed by atoms with van der Waals surface area (Å²) < 4.78 is 1.90. The first-order valence-corrected chi connectivity index (χ1v) is 10.4. The highest BCUT2D eigenvalue weighted by atomic mass is 32.1. The molecule has 0 aliphatic heterocycles. The molecule has 1 atom stereocenters. The Balaban J connectivity index is 1.68. The van der Waals surface area contributed by atoms with Gasteiger partial charge in [0.2, 0.25) is 0 Å². The van der Waals surface area contributed by atoms with Crippen LogP contribution in [0.5, 0.6) is 0 Å². The number of hydrogen-bond donors (Lipinski definition) is 1. The summed E-state index contributed by atoms with van der Waals surface area (Å²) in [5.74, 6) is 2.19. The van der Waals surface area contributed by atoms with Crippen LogP contribution in [-0.4, -0.2) is 29.7 Å². The summed E-state index contributed by atoms with van der Waals surface area (Å²) in [6, 6.07) is 16.0. The fraction of sp³-hybridized carbons (Fsp3) is 0.136. The Labute approximate surface area is 177 Å². The second-order valence-corrected chi connectivity index (χ2v) is 7.83. The molecule has 4 heterocycles. The quantitative estimate of drug-likeness (QED) is 0.449. The van der Waals surface area contributed by atoms with E-state index in [4.69, 9.17) is 9.97 Å². The molecular weight excluding hydrogens is 394 g/mol. The van der Waals surface area contributed by atoms with E-state index >= 15 is 0 Å². The summed E-state index contributed by atoms with van der Waals surface area (Å²) in [7, 11) is 1.93. The minimum Gasteiger partial charge on any atom is -0.360 e. The van der Waals surface area contributed by atoms with Crippen LogP contribution in [-0.2, 0) is 7.05 Å². The maximum absolute atomic E-state index is 4.87. The van der Waals surface area contributed by atoms with E-state index in [0.717, 1.165) is 38.7 Å². The van der Waals surface area contributed by atoms with Crippen LogP contribution in [0.2, 0.25) is 0 Å². The molecule has 0 saturated carbocycles. The molecule has 0 bridgehead atoms. The van der Waals surface area contributed by atoms with Gasteiger partial charge in [-0.25, -0.2) is 9.97 Å². The smallest absolute Gasteiger partial charge is 0.181 e. The average molecular weight is 414 g/mol. The van der Waals surface area contributed by atoms with Gasteiger partial charge in [-0.05, 0) is 24.6 Å². The van der Waals surface area contributed by atoms with Crippen LogP contribution in [0.25, 0.3) is 32.9 Å². The van der Waals surface area contributed by atoms with Crippen LogP contribution in [0.3, 0.4) is 0 Å². The zero-order valence-corrected chi connectivity index (χ0v) is 17.3. The van der Waals surface area contributed by atoms with E-state index in [1.165, 1.54) is 0 Å². The van der Waals surface area contributed by atoms with Gasteiger partial charge in [-0.2, -0.15) is 0 Å². The Hall–Kier alpha value is -3.65. The Bertz CT molecular complexity index is 1300. The number of thiophene rings is 1. The highest BCUT2D eigenvalue weighted by Crippen LogP contribution is 2.38. The molecule has 0 aliphatic carbocycles. The molecule has 1 aromatic carbocycles. The van der Waals surface area contributed by atoms with Crippen molar-refractivity contribution in [2.24, 2.45) is 7.05 Å². The normalized spacial score (nSPS) is 12.2. The molecule has 5 rings (SSSR count). The summed E-state index contributed by atoms with van der Waals surface area (Å²) in [4.78, 5) is 15.0. The molecule has 0 aliphatic rings. The van der Waals surface area contributed by atoms with Crippen LogP contribution in [0.1, 0.15) is 18.8 Å². The van der Waals surface area contributed by atoms with Crippen LogP contribution >= 0.6 is 11.3 Å². The van der Waals surface area contributed by atoms with Crippen LogP contribution in [0, 0.1) is 0 Å². The molecule has 1 N–H and O–H groups in total. The second kappa shape index (κ2) is 7.64. The molecule has 148 valence electrons. The minimum absolute atomic E-state index is 0.0873. The van der Waals surface area contributed by atoms with Gasteiger partial charge in [-0.15, -0.1) is 21.5 Å². The number of rotatable bonds is 5. The average Bonchev–Trinajstić information content (AvgIpc) is 3.41. The molecule has 5 aromatic rings. The number of fused-ring (bicyclic) bond motifs is 1. The SMILES string of the molecule is C[C@@H](Nc1nc(-c2ccccn2)nc2scc(-c3ccccc3)c12)c1nncn1C. The summed E-state index contributed by atoms with van der Waals surface area (Å²) in [6.45, 7) is 2.05. The van der Waals surface area contributed by atoms with Gasteiger partial charge in [0.25, 0.3) is 0 Å². The molecule has 30 heavy (non-hydrogen) atoms. The molecule has 0 unspecified atom stereocenters. The number of aromatic nitrogens is 6. The van der Waals surface area contributed by atoms with Gasteiger partial charge in [-0.3, -0.25) is 4.98 Å². The van der Waals surface area contributed by atoms with E-state index in [0.29, 0.717) is 5.82 Å². The standard InChI is InChI=1S/C22H19N7S/c1-14(21-28-24-13-29(21)2)25-20-18-16(15-8-4-3-5-9-15)12-30-22(18)27-19(26-20)17-10-6-7-11-23-17/h3-14H,1-2H3,(H,25,26,27)/t14-/m1/s1. The Morgan fingerprint density at radius 1 is 1.03 bits per heavy atom. The number of nitrogens with zero attached hydrogens (tertiary/aromatic N) is 6. The molecule has 0 radical (unpaired) electrons. The maximum Gasteiger partial charge on any atom is 0.181 e. The summed E-state index contributed by atoms with van der Waals surface area (Å²) in [6.07, 6.45) is 3.45. The van der Waals surface area contributed by atoms with Gasteiger partial charge in [0.05, 0.1) is 11.4 Å². The lowest BCUT2D eigenvalue weighted by molar-refractivity contribution is 0.717. The van der Waals surface area contributed by atoms with Gasteiger partial charge in [0.1, 0.15) is 22.7 Å². The van der Waals surface area contributed by atoms with Gasteiger partial charge in [0, 0.05) is 24.2 Å². The first kappa shape index (κ1) is 18.4. The van der Waals surface area contributed by atoms with Crippen molar-refractivity contribution in [2.75, 3.05) is 5.32 Å². The molecule has 0 saturated heterocycles. The van der Waals surface area contributed by atoms with E-state index in [1.54, 1.807) is 23.9 Å². The molecule has 0 amide bonds. The van der Waals surface area contributed by atoms with Crippen molar-refractivity contribution < 1.29 is 0 Å². The number of benzene rings is 1. The van der Waals surface area contributed by atoms with E-state index in [2.05, 4.69) is 38.0 Å². The lowest BCUT2D eigenvalue weighted by Crippen LogP contribution is -2.13. The lowest BCUT2D eigenvalue weighted by Gasteiger charge is -2.16. The Morgan fingerprint density at radius 2 is 1.87 bits per heavy atom. The van der Waals surface area contributed by atoms with Crippen LogP contribution in [0.4, 0.5) is 5.82 Å². The number of hydrogen-bond acceptors (Lipinski definition) is 7. The highest BCUT2D eigenvalue weighted by molar-refractivity contribution is 7.17. The van der Waals surface area contributed by atoms with Crippen molar-refractivity contribution >= 4 is 27.4 Å². The molecule has 0 spiro atoms. The summed E-state index contributed by atoms with van der Waals surface area (Å²) >= 11 is 1.61. The third kappa shape index (κ3) is 3.31. The van der Waals surface area contributed by atoms with E-state index in [-0.39, 0.29) is 6.04 Å². The van der Waals surface area contributed by atoms with Crippen LogP contribution in [0.15, 0.2) is 66.4 Å². The zero-order valence-electron chi connectivity index (χ0n) is 16.5. The van der Waals surface area contributed by atoms with Gasteiger partial charge in [0.15, 0.2) is 11.6 Å². The predicted octanol–water partition coefficient (Wildman–Crippen LogP) is 4.72. The van der Waals surface area contributed by atoms with Crippen LogP contribution < -0.4 is 5.32 Å². The number of anilines is 1. The fourth-order valence-corrected chi connectivity index (χ4v) is 4.39.